The Morgan fingerprint density at radius 1 is 1.17 bits per heavy atom. The monoisotopic (exact) mass is 411 g/mol. The number of carbonyl (C=O) groups is 2. The summed E-state index contributed by atoms with van der Waals surface area (Å²) in [6.07, 6.45) is 1.41. The summed E-state index contributed by atoms with van der Waals surface area (Å²) < 4.78 is 5.08. The maximum atomic E-state index is 12.3. The molecule has 0 bridgehead atoms. The minimum atomic E-state index is -1.01. The molecule has 7 nitrogen and oxygen atoms in total. The molecule has 1 heterocycles. The Labute approximate surface area is 172 Å². The van der Waals surface area contributed by atoms with Crippen molar-refractivity contribution in [2.45, 2.75) is 13.5 Å². The quantitative estimate of drug-likeness (QED) is 0.559. The molecule has 0 radical (unpaired) electrons. The van der Waals surface area contributed by atoms with Gasteiger partial charge in [0.2, 0.25) is 0 Å². The lowest BCUT2D eigenvalue weighted by atomic mass is 10.1. The number of hydrogen-bond donors (Lipinski definition) is 2. The largest absolute Gasteiger partial charge is 0.478 e. The Hall–Kier alpha value is -3.45. The van der Waals surface area contributed by atoms with Crippen LogP contribution in [0.25, 0.3) is 11.4 Å². The number of anilines is 1. The van der Waals surface area contributed by atoms with Gasteiger partial charge in [0.1, 0.15) is 11.4 Å². The van der Waals surface area contributed by atoms with E-state index in [-0.39, 0.29) is 24.3 Å². The van der Waals surface area contributed by atoms with Gasteiger partial charge in [0, 0.05) is 23.3 Å². The van der Waals surface area contributed by atoms with Gasteiger partial charge in [-0.2, -0.15) is 0 Å². The zero-order chi connectivity index (χ0) is 20.8. The van der Waals surface area contributed by atoms with E-state index in [1.54, 1.807) is 49.4 Å². The van der Waals surface area contributed by atoms with Gasteiger partial charge in [0.05, 0.1) is 12.2 Å². The molecule has 3 aromatic rings. The second kappa shape index (κ2) is 9.16. The number of rotatable bonds is 7. The number of carboxylic acid groups (broad SMARTS) is 1. The lowest BCUT2D eigenvalue weighted by Crippen LogP contribution is -2.13. The van der Waals surface area contributed by atoms with Crippen LogP contribution in [-0.2, 0) is 11.3 Å². The van der Waals surface area contributed by atoms with Crippen LogP contribution in [0, 0.1) is 0 Å². The molecule has 0 unspecified atom stereocenters. The number of nitrogens with one attached hydrogen (secondary N) is 1. The topological polar surface area (TPSA) is 101 Å². The van der Waals surface area contributed by atoms with Gasteiger partial charge < -0.3 is 15.2 Å². The fourth-order valence-corrected chi connectivity index (χ4v) is 2.74. The van der Waals surface area contributed by atoms with E-state index in [0.717, 1.165) is 11.1 Å². The molecule has 0 atom stereocenters. The third-order valence-electron chi connectivity index (χ3n) is 4.02. The minimum Gasteiger partial charge on any atom is -0.478 e. The first-order valence-electron chi connectivity index (χ1n) is 8.84. The number of esters is 1. The number of carboxylic acids is 1. The molecule has 3 rings (SSSR count). The van der Waals surface area contributed by atoms with E-state index >= 15 is 0 Å². The lowest BCUT2D eigenvalue weighted by Gasteiger charge is -2.12. The molecular formula is C21H18ClN3O4. The van der Waals surface area contributed by atoms with Crippen LogP contribution in [0.2, 0.25) is 5.02 Å². The number of ether oxygens (including phenoxy) is 1. The van der Waals surface area contributed by atoms with Crippen LogP contribution in [0.3, 0.4) is 0 Å². The summed E-state index contributed by atoms with van der Waals surface area (Å²) in [5.41, 5.74) is 1.84. The van der Waals surface area contributed by atoms with Gasteiger partial charge in [-0.25, -0.2) is 19.6 Å². The average Bonchev–Trinajstić information content (AvgIpc) is 2.73. The molecule has 0 spiro atoms. The van der Waals surface area contributed by atoms with Crippen molar-refractivity contribution in [3.63, 3.8) is 0 Å². The number of aromatic nitrogens is 2. The first-order valence-corrected chi connectivity index (χ1v) is 9.22. The molecular weight excluding hydrogens is 394 g/mol. The van der Waals surface area contributed by atoms with Crippen molar-refractivity contribution in [2.75, 3.05) is 11.9 Å². The van der Waals surface area contributed by atoms with Gasteiger partial charge >= 0.3 is 11.9 Å². The van der Waals surface area contributed by atoms with Crippen LogP contribution < -0.4 is 5.32 Å². The molecule has 8 heteroatoms. The summed E-state index contributed by atoms with van der Waals surface area (Å²) in [7, 11) is 0. The number of halogens is 1. The van der Waals surface area contributed by atoms with Crippen LogP contribution in [0.1, 0.15) is 33.2 Å². The zero-order valence-corrected chi connectivity index (χ0v) is 16.3. The molecule has 0 aliphatic rings. The molecule has 0 aliphatic carbocycles. The van der Waals surface area contributed by atoms with Crippen molar-refractivity contribution in [1.29, 1.82) is 0 Å². The van der Waals surface area contributed by atoms with Gasteiger partial charge in [-0.1, -0.05) is 23.7 Å². The van der Waals surface area contributed by atoms with Gasteiger partial charge in [-0.15, -0.1) is 0 Å². The highest BCUT2D eigenvalue weighted by Crippen LogP contribution is 2.22. The van der Waals surface area contributed by atoms with E-state index in [2.05, 4.69) is 15.3 Å². The van der Waals surface area contributed by atoms with E-state index in [4.69, 9.17) is 21.4 Å². The Bertz CT molecular complexity index is 1040. The van der Waals surface area contributed by atoms with Crippen molar-refractivity contribution < 1.29 is 19.4 Å². The highest BCUT2D eigenvalue weighted by atomic mass is 35.5. The summed E-state index contributed by atoms with van der Waals surface area (Å²) in [4.78, 5) is 32.2. The van der Waals surface area contributed by atoms with E-state index in [0.29, 0.717) is 16.7 Å². The van der Waals surface area contributed by atoms with Gasteiger partial charge in [0.25, 0.3) is 0 Å². The van der Waals surface area contributed by atoms with Crippen molar-refractivity contribution in [2.24, 2.45) is 0 Å². The molecule has 0 amide bonds. The molecule has 0 fully saturated rings. The number of benzene rings is 2. The van der Waals surface area contributed by atoms with E-state index in [1.165, 1.54) is 12.3 Å². The molecule has 1 aromatic heterocycles. The second-order valence-corrected chi connectivity index (χ2v) is 6.48. The minimum absolute atomic E-state index is 0.180. The summed E-state index contributed by atoms with van der Waals surface area (Å²) in [6, 6.07) is 13.5. The number of nitrogens with zero attached hydrogens (tertiary/aromatic N) is 2. The highest BCUT2D eigenvalue weighted by Gasteiger charge is 2.17. The van der Waals surface area contributed by atoms with Gasteiger partial charge in [0.15, 0.2) is 5.82 Å². The van der Waals surface area contributed by atoms with Crippen molar-refractivity contribution in [3.8, 4) is 11.4 Å². The van der Waals surface area contributed by atoms with Crippen LogP contribution in [-0.4, -0.2) is 33.6 Å². The predicted octanol–water partition coefficient (Wildman–Crippen LogP) is 4.28. The van der Waals surface area contributed by atoms with Crippen LogP contribution >= 0.6 is 11.6 Å². The van der Waals surface area contributed by atoms with Crippen LogP contribution in [0.5, 0.6) is 0 Å². The zero-order valence-electron chi connectivity index (χ0n) is 15.6. The Balaban J connectivity index is 1.91. The smallest absolute Gasteiger partial charge is 0.343 e. The fraction of sp³-hybridized carbons (Fsp3) is 0.143. The molecule has 2 aromatic carbocycles. The maximum absolute atomic E-state index is 12.3. The summed E-state index contributed by atoms with van der Waals surface area (Å²) in [6.45, 7) is 2.20. The summed E-state index contributed by atoms with van der Waals surface area (Å²) in [5.74, 6) is -0.844. The van der Waals surface area contributed by atoms with Gasteiger partial charge in [-0.3, -0.25) is 0 Å². The summed E-state index contributed by atoms with van der Waals surface area (Å²) >= 11 is 5.93. The van der Waals surface area contributed by atoms with Crippen LogP contribution in [0.15, 0.2) is 54.7 Å². The van der Waals surface area contributed by atoms with Crippen LogP contribution in [0.4, 0.5) is 5.82 Å². The second-order valence-electron chi connectivity index (χ2n) is 6.04. The van der Waals surface area contributed by atoms with E-state index < -0.39 is 11.9 Å². The number of carbonyl (C=O) groups excluding carboxylic acids is 1. The van der Waals surface area contributed by atoms with Gasteiger partial charge in [-0.05, 0) is 48.9 Å². The van der Waals surface area contributed by atoms with Crippen molar-refractivity contribution in [3.05, 3.63) is 76.4 Å². The first kappa shape index (κ1) is 20.3. The first-order chi connectivity index (χ1) is 14.0. The van der Waals surface area contributed by atoms with E-state index in [1.807, 2.05) is 0 Å². The standard InChI is InChI=1S/C21H18ClN3O4/c1-2-29-21(28)17-12-24-18(14-6-8-16(22)9-7-14)25-19(17)23-11-13-4-3-5-15(10-13)20(26)27/h3-10,12H,2,11H2,1H3,(H,26,27)(H,23,24,25). The molecule has 29 heavy (non-hydrogen) atoms. The maximum Gasteiger partial charge on any atom is 0.343 e. The van der Waals surface area contributed by atoms with E-state index in [9.17, 15) is 9.59 Å². The number of aromatic carboxylic acids is 1. The van der Waals surface area contributed by atoms with Crippen molar-refractivity contribution in [1.82, 2.24) is 9.97 Å². The molecule has 0 saturated carbocycles. The molecule has 148 valence electrons. The molecule has 0 saturated heterocycles. The third kappa shape index (κ3) is 5.08. The Morgan fingerprint density at radius 2 is 1.93 bits per heavy atom. The highest BCUT2D eigenvalue weighted by molar-refractivity contribution is 6.30. The number of hydrogen-bond acceptors (Lipinski definition) is 6. The summed E-state index contributed by atoms with van der Waals surface area (Å²) in [5, 5.41) is 12.8. The average molecular weight is 412 g/mol. The Kier molecular flexibility index (Phi) is 6.41. The molecule has 2 N–H and O–H groups in total. The fourth-order valence-electron chi connectivity index (χ4n) is 2.61. The normalized spacial score (nSPS) is 10.4. The third-order valence-corrected chi connectivity index (χ3v) is 4.27. The Morgan fingerprint density at radius 3 is 2.62 bits per heavy atom. The van der Waals surface area contributed by atoms with Crippen molar-refractivity contribution >= 4 is 29.4 Å². The predicted molar refractivity (Wildman–Crippen MR) is 109 cm³/mol. The lowest BCUT2D eigenvalue weighted by molar-refractivity contribution is 0.0526. The SMILES string of the molecule is CCOC(=O)c1cnc(-c2ccc(Cl)cc2)nc1NCc1cccc(C(=O)O)c1. The molecule has 0 aliphatic heterocycles.